The van der Waals surface area contributed by atoms with Gasteiger partial charge in [-0.1, -0.05) is 46.4 Å². The van der Waals surface area contributed by atoms with Gasteiger partial charge in [0.25, 0.3) is 0 Å². The van der Waals surface area contributed by atoms with E-state index >= 15 is 0 Å². The second-order valence-corrected chi connectivity index (χ2v) is 6.19. The highest BCUT2D eigenvalue weighted by Gasteiger charge is 2.12. The summed E-state index contributed by atoms with van der Waals surface area (Å²) in [5.74, 6) is 0.497. The van der Waals surface area contributed by atoms with Crippen LogP contribution in [0.15, 0.2) is 30.3 Å². The minimum absolute atomic E-state index is 0.312. The Balaban J connectivity index is 2.27. The number of hydrogen-bond donors (Lipinski definition) is 0. The SMILES string of the molecule is Cc1cc(-c2nc(Cl)c3cc(Cl)cc(Cl)c3n2)ccc1Cl. The molecule has 106 valence electrons. The normalized spacial score (nSPS) is 11.1. The molecule has 21 heavy (non-hydrogen) atoms. The molecule has 1 heterocycles. The number of aromatic nitrogens is 2. The third-order valence-corrected chi connectivity index (χ3v) is 4.31. The van der Waals surface area contributed by atoms with Gasteiger partial charge in [-0.05, 0) is 42.8 Å². The minimum atomic E-state index is 0.312. The van der Waals surface area contributed by atoms with Crippen LogP contribution in [-0.4, -0.2) is 9.97 Å². The van der Waals surface area contributed by atoms with Crippen LogP contribution in [0.2, 0.25) is 20.2 Å². The second-order valence-electron chi connectivity index (χ2n) is 4.59. The van der Waals surface area contributed by atoms with Gasteiger partial charge in [-0.25, -0.2) is 9.97 Å². The molecule has 2 aromatic carbocycles. The lowest BCUT2D eigenvalue weighted by atomic mass is 10.1. The summed E-state index contributed by atoms with van der Waals surface area (Å²) in [4.78, 5) is 8.81. The molecule has 6 heteroatoms. The molecule has 2 nitrogen and oxygen atoms in total. The maximum Gasteiger partial charge on any atom is 0.161 e. The summed E-state index contributed by atoms with van der Waals surface area (Å²) in [7, 11) is 0. The minimum Gasteiger partial charge on any atom is -0.226 e. The molecule has 1 aromatic heterocycles. The fourth-order valence-corrected chi connectivity index (χ4v) is 2.91. The average molecular weight is 358 g/mol. The van der Waals surface area contributed by atoms with Gasteiger partial charge in [0.05, 0.1) is 10.5 Å². The summed E-state index contributed by atoms with van der Waals surface area (Å²) in [5.41, 5.74) is 2.34. The topological polar surface area (TPSA) is 25.8 Å². The fraction of sp³-hybridized carbons (Fsp3) is 0.0667. The van der Waals surface area contributed by atoms with Gasteiger partial charge in [0.2, 0.25) is 0 Å². The Bertz CT molecular complexity index is 862. The predicted molar refractivity (Wildman–Crippen MR) is 89.8 cm³/mol. The Kier molecular flexibility index (Phi) is 3.98. The van der Waals surface area contributed by atoms with Crippen molar-refractivity contribution < 1.29 is 0 Å². The smallest absolute Gasteiger partial charge is 0.161 e. The molecule has 0 atom stereocenters. The standard InChI is InChI=1S/C15H8Cl4N2/c1-7-4-8(2-3-11(7)17)15-20-13-10(14(19)21-15)5-9(16)6-12(13)18/h2-6H,1H3. The molecule has 0 radical (unpaired) electrons. The summed E-state index contributed by atoms with van der Waals surface area (Å²) in [6.45, 7) is 1.92. The average Bonchev–Trinajstić information content (AvgIpc) is 2.43. The molecular formula is C15H8Cl4N2. The quantitative estimate of drug-likeness (QED) is 0.483. The van der Waals surface area contributed by atoms with E-state index in [4.69, 9.17) is 46.4 Å². The highest BCUT2D eigenvalue weighted by molar-refractivity contribution is 6.41. The van der Waals surface area contributed by atoms with Crippen molar-refractivity contribution >= 4 is 57.3 Å². The molecule has 0 aliphatic rings. The van der Waals surface area contributed by atoms with Crippen LogP contribution in [0.4, 0.5) is 0 Å². The van der Waals surface area contributed by atoms with E-state index in [0.717, 1.165) is 11.1 Å². The highest BCUT2D eigenvalue weighted by atomic mass is 35.5. The number of aryl methyl sites for hydroxylation is 1. The number of nitrogens with zero attached hydrogens (tertiary/aromatic N) is 2. The van der Waals surface area contributed by atoms with Crippen LogP contribution in [0, 0.1) is 6.92 Å². The van der Waals surface area contributed by atoms with Crippen molar-refractivity contribution in [3.63, 3.8) is 0 Å². The Labute approximate surface area is 141 Å². The van der Waals surface area contributed by atoms with Gasteiger partial charge in [0.1, 0.15) is 5.15 Å². The maximum atomic E-state index is 6.23. The summed E-state index contributed by atoms with van der Waals surface area (Å²) in [6.07, 6.45) is 0. The van der Waals surface area contributed by atoms with Crippen LogP contribution < -0.4 is 0 Å². The molecule has 0 N–H and O–H groups in total. The lowest BCUT2D eigenvalue weighted by molar-refractivity contribution is 1.22. The van der Waals surface area contributed by atoms with E-state index < -0.39 is 0 Å². The van der Waals surface area contributed by atoms with Gasteiger partial charge in [-0.3, -0.25) is 0 Å². The molecule has 0 spiro atoms. The Morgan fingerprint density at radius 1 is 0.857 bits per heavy atom. The summed E-state index contributed by atoms with van der Waals surface area (Å²) in [5, 5.41) is 2.56. The molecule has 0 aliphatic carbocycles. The number of halogens is 4. The molecule has 3 aromatic rings. The summed E-state index contributed by atoms with van der Waals surface area (Å²) >= 11 is 24.4. The molecule has 0 bridgehead atoms. The fourth-order valence-electron chi connectivity index (χ4n) is 2.03. The van der Waals surface area contributed by atoms with E-state index in [2.05, 4.69) is 9.97 Å². The zero-order valence-electron chi connectivity index (χ0n) is 10.8. The van der Waals surface area contributed by atoms with Gasteiger partial charge in [0.15, 0.2) is 5.82 Å². The largest absolute Gasteiger partial charge is 0.226 e. The molecule has 0 fully saturated rings. The number of benzene rings is 2. The second kappa shape index (κ2) is 5.62. The number of hydrogen-bond acceptors (Lipinski definition) is 2. The van der Waals surface area contributed by atoms with Crippen molar-refractivity contribution in [3.8, 4) is 11.4 Å². The van der Waals surface area contributed by atoms with E-state index in [9.17, 15) is 0 Å². The highest BCUT2D eigenvalue weighted by Crippen LogP contribution is 2.32. The van der Waals surface area contributed by atoms with Gasteiger partial charge >= 0.3 is 0 Å². The van der Waals surface area contributed by atoms with Crippen LogP contribution in [0.1, 0.15) is 5.56 Å². The lowest BCUT2D eigenvalue weighted by Gasteiger charge is -2.08. The molecule has 0 saturated heterocycles. The summed E-state index contributed by atoms with van der Waals surface area (Å²) in [6, 6.07) is 8.88. The first-order chi connectivity index (χ1) is 9.95. The monoisotopic (exact) mass is 356 g/mol. The number of fused-ring (bicyclic) bond motifs is 1. The zero-order chi connectivity index (χ0) is 15.1. The van der Waals surface area contributed by atoms with Crippen LogP contribution in [-0.2, 0) is 0 Å². The maximum absolute atomic E-state index is 6.23. The number of rotatable bonds is 1. The predicted octanol–water partition coefficient (Wildman–Crippen LogP) is 6.22. The van der Waals surface area contributed by atoms with E-state index in [1.54, 1.807) is 18.2 Å². The van der Waals surface area contributed by atoms with Crippen molar-refractivity contribution in [1.82, 2.24) is 9.97 Å². The van der Waals surface area contributed by atoms with Crippen molar-refractivity contribution in [2.24, 2.45) is 0 Å². The Hall–Kier alpha value is -1.06. The molecule has 0 aliphatic heterocycles. The van der Waals surface area contributed by atoms with Gasteiger partial charge in [-0.15, -0.1) is 0 Å². The van der Waals surface area contributed by atoms with E-state index in [0.29, 0.717) is 36.9 Å². The van der Waals surface area contributed by atoms with Gasteiger partial charge in [0, 0.05) is 21.0 Å². The Morgan fingerprint density at radius 3 is 2.33 bits per heavy atom. The van der Waals surface area contributed by atoms with Gasteiger partial charge < -0.3 is 0 Å². The zero-order valence-corrected chi connectivity index (χ0v) is 13.8. The van der Waals surface area contributed by atoms with E-state index in [-0.39, 0.29) is 0 Å². The summed E-state index contributed by atoms with van der Waals surface area (Å²) < 4.78 is 0. The third kappa shape index (κ3) is 2.82. The first-order valence-corrected chi connectivity index (χ1v) is 7.55. The van der Waals surface area contributed by atoms with E-state index in [1.165, 1.54) is 0 Å². The van der Waals surface area contributed by atoms with Crippen LogP contribution in [0.3, 0.4) is 0 Å². The van der Waals surface area contributed by atoms with Crippen molar-refractivity contribution in [1.29, 1.82) is 0 Å². The van der Waals surface area contributed by atoms with Crippen molar-refractivity contribution in [3.05, 3.63) is 56.1 Å². The first kappa shape index (κ1) is 14.9. The molecular weight excluding hydrogens is 350 g/mol. The molecule has 0 saturated carbocycles. The van der Waals surface area contributed by atoms with Crippen molar-refractivity contribution in [2.45, 2.75) is 6.92 Å². The van der Waals surface area contributed by atoms with Crippen molar-refractivity contribution in [2.75, 3.05) is 0 Å². The Morgan fingerprint density at radius 2 is 1.62 bits per heavy atom. The lowest BCUT2D eigenvalue weighted by Crippen LogP contribution is -1.93. The molecule has 3 rings (SSSR count). The van der Waals surface area contributed by atoms with Crippen LogP contribution in [0.25, 0.3) is 22.3 Å². The van der Waals surface area contributed by atoms with Crippen LogP contribution >= 0.6 is 46.4 Å². The molecule has 0 unspecified atom stereocenters. The van der Waals surface area contributed by atoms with Crippen LogP contribution in [0.5, 0.6) is 0 Å². The molecule has 0 amide bonds. The van der Waals surface area contributed by atoms with Gasteiger partial charge in [-0.2, -0.15) is 0 Å². The van der Waals surface area contributed by atoms with E-state index in [1.807, 2.05) is 19.1 Å². The first-order valence-electron chi connectivity index (χ1n) is 6.04. The third-order valence-electron chi connectivity index (χ3n) is 3.09.